The SMILES string of the molecule is CC(C)Cn1nnnc1SCC(=O)NC1CCCCC1. The van der Waals surface area contributed by atoms with Crippen LogP contribution in [0.4, 0.5) is 0 Å². The van der Waals surface area contributed by atoms with Gasteiger partial charge in [-0.2, -0.15) is 0 Å². The normalized spacial score (nSPS) is 16.6. The standard InChI is InChI=1S/C13H23N5OS/c1-10(2)8-18-13(15-16-17-18)20-9-12(19)14-11-6-4-3-5-7-11/h10-11H,3-9H2,1-2H3,(H,14,19). The molecule has 1 aliphatic rings. The predicted molar refractivity (Wildman–Crippen MR) is 78.4 cm³/mol. The number of aromatic nitrogens is 4. The summed E-state index contributed by atoms with van der Waals surface area (Å²) in [7, 11) is 0. The molecule has 7 heteroatoms. The van der Waals surface area contributed by atoms with Gasteiger partial charge in [-0.1, -0.05) is 44.9 Å². The van der Waals surface area contributed by atoms with Crippen LogP contribution in [0.15, 0.2) is 5.16 Å². The van der Waals surface area contributed by atoms with Gasteiger partial charge in [0.15, 0.2) is 0 Å². The third-order valence-electron chi connectivity index (χ3n) is 3.34. The lowest BCUT2D eigenvalue weighted by atomic mass is 9.95. The van der Waals surface area contributed by atoms with Gasteiger partial charge in [-0.3, -0.25) is 4.79 Å². The van der Waals surface area contributed by atoms with Crippen LogP contribution in [0.5, 0.6) is 0 Å². The molecule has 0 bridgehead atoms. The Bertz CT molecular complexity index is 428. The summed E-state index contributed by atoms with van der Waals surface area (Å²) in [6.07, 6.45) is 5.98. The molecule has 1 N–H and O–H groups in total. The summed E-state index contributed by atoms with van der Waals surface area (Å²) in [6, 6.07) is 0.364. The number of amides is 1. The monoisotopic (exact) mass is 297 g/mol. The Balaban J connectivity index is 1.76. The van der Waals surface area contributed by atoms with Gasteiger partial charge in [-0.25, -0.2) is 4.68 Å². The Hall–Kier alpha value is -1.11. The van der Waals surface area contributed by atoms with Gasteiger partial charge >= 0.3 is 0 Å². The molecule has 0 saturated heterocycles. The van der Waals surface area contributed by atoms with Crippen molar-refractivity contribution >= 4 is 17.7 Å². The van der Waals surface area contributed by atoms with Crippen LogP contribution in [0.25, 0.3) is 0 Å². The van der Waals surface area contributed by atoms with Crippen LogP contribution in [0.2, 0.25) is 0 Å². The number of nitrogens with one attached hydrogen (secondary N) is 1. The number of hydrogen-bond donors (Lipinski definition) is 1. The predicted octanol–water partition coefficient (Wildman–Crippen LogP) is 1.87. The van der Waals surface area contributed by atoms with Crippen LogP contribution in [0.3, 0.4) is 0 Å². The molecule has 1 aliphatic carbocycles. The number of tetrazole rings is 1. The molecule has 1 aromatic rings. The fourth-order valence-corrected chi connectivity index (χ4v) is 3.10. The second kappa shape index (κ2) is 7.61. The minimum absolute atomic E-state index is 0.0843. The smallest absolute Gasteiger partial charge is 0.230 e. The Morgan fingerprint density at radius 1 is 1.40 bits per heavy atom. The summed E-state index contributed by atoms with van der Waals surface area (Å²) in [4.78, 5) is 11.9. The molecule has 0 radical (unpaired) electrons. The van der Waals surface area contributed by atoms with Gasteiger partial charge in [0.2, 0.25) is 11.1 Å². The number of rotatable bonds is 6. The molecule has 0 aromatic carbocycles. The fraction of sp³-hybridized carbons (Fsp3) is 0.846. The lowest BCUT2D eigenvalue weighted by Gasteiger charge is -2.22. The van der Waals surface area contributed by atoms with Gasteiger partial charge in [-0.15, -0.1) is 5.10 Å². The van der Waals surface area contributed by atoms with Crippen LogP contribution < -0.4 is 5.32 Å². The molecule has 20 heavy (non-hydrogen) atoms. The Kier molecular flexibility index (Phi) is 5.82. The highest BCUT2D eigenvalue weighted by atomic mass is 32.2. The average molecular weight is 297 g/mol. The van der Waals surface area contributed by atoms with Crippen molar-refractivity contribution in [1.29, 1.82) is 0 Å². The van der Waals surface area contributed by atoms with Gasteiger partial charge in [0.1, 0.15) is 0 Å². The van der Waals surface area contributed by atoms with E-state index in [0.717, 1.165) is 24.5 Å². The summed E-state index contributed by atoms with van der Waals surface area (Å²) < 4.78 is 1.77. The van der Waals surface area contributed by atoms with Crippen LogP contribution in [-0.4, -0.2) is 37.9 Å². The molecule has 1 amide bonds. The Morgan fingerprint density at radius 3 is 2.85 bits per heavy atom. The molecule has 1 saturated carbocycles. The first-order chi connectivity index (χ1) is 9.65. The second-order valence-electron chi connectivity index (χ2n) is 5.73. The molecule has 2 rings (SSSR count). The van der Waals surface area contributed by atoms with Crippen molar-refractivity contribution in [2.75, 3.05) is 5.75 Å². The topological polar surface area (TPSA) is 72.7 Å². The van der Waals surface area contributed by atoms with E-state index in [1.165, 1.54) is 31.0 Å². The summed E-state index contributed by atoms with van der Waals surface area (Å²) in [6.45, 7) is 5.01. The molecular weight excluding hydrogens is 274 g/mol. The van der Waals surface area contributed by atoms with E-state index in [9.17, 15) is 4.79 Å². The molecule has 1 heterocycles. The summed E-state index contributed by atoms with van der Waals surface area (Å²) in [5, 5.41) is 15.4. The summed E-state index contributed by atoms with van der Waals surface area (Å²) in [5.41, 5.74) is 0. The van der Waals surface area contributed by atoms with Crippen LogP contribution >= 0.6 is 11.8 Å². The van der Waals surface area contributed by atoms with E-state index < -0.39 is 0 Å². The van der Waals surface area contributed by atoms with E-state index >= 15 is 0 Å². The van der Waals surface area contributed by atoms with E-state index in [1.54, 1.807) is 4.68 Å². The van der Waals surface area contributed by atoms with Crippen molar-refractivity contribution in [3.05, 3.63) is 0 Å². The van der Waals surface area contributed by atoms with E-state index in [1.807, 2.05) is 0 Å². The van der Waals surface area contributed by atoms with Crippen molar-refractivity contribution in [3.8, 4) is 0 Å². The van der Waals surface area contributed by atoms with Crippen molar-refractivity contribution in [2.24, 2.45) is 5.92 Å². The number of carbonyl (C=O) groups is 1. The van der Waals surface area contributed by atoms with Gasteiger partial charge in [-0.05, 0) is 29.2 Å². The molecule has 0 aliphatic heterocycles. The molecule has 1 fully saturated rings. The number of nitrogens with zero attached hydrogens (tertiary/aromatic N) is 4. The maximum Gasteiger partial charge on any atom is 0.230 e. The number of carbonyl (C=O) groups excluding carboxylic acids is 1. The van der Waals surface area contributed by atoms with Gasteiger partial charge in [0.05, 0.1) is 5.75 Å². The molecule has 0 unspecified atom stereocenters. The van der Waals surface area contributed by atoms with Crippen LogP contribution in [0, 0.1) is 5.92 Å². The molecule has 1 aromatic heterocycles. The highest BCUT2D eigenvalue weighted by molar-refractivity contribution is 7.99. The maximum atomic E-state index is 11.9. The molecule has 112 valence electrons. The molecule has 0 spiro atoms. The minimum Gasteiger partial charge on any atom is -0.353 e. The van der Waals surface area contributed by atoms with E-state index in [2.05, 4.69) is 34.7 Å². The number of thioether (sulfide) groups is 1. The summed E-state index contributed by atoms with van der Waals surface area (Å²) in [5.74, 6) is 0.949. The zero-order chi connectivity index (χ0) is 14.4. The second-order valence-corrected chi connectivity index (χ2v) is 6.67. The average Bonchev–Trinajstić information content (AvgIpc) is 2.84. The van der Waals surface area contributed by atoms with Gasteiger partial charge in [0.25, 0.3) is 0 Å². The molecular formula is C13H23N5OS. The Labute approximate surface area is 124 Å². The van der Waals surface area contributed by atoms with E-state index in [-0.39, 0.29) is 5.91 Å². The van der Waals surface area contributed by atoms with E-state index in [0.29, 0.717) is 17.7 Å². The largest absolute Gasteiger partial charge is 0.353 e. The summed E-state index contributed by atoms with van der Waals surface area (Å²) >= 11 is 1.41. The van der Waals surface area contributed by atoms with Gasteiger partial charge < -0.3 is 5.32 Å². The van der Waals surface area contributed by atoms with Gasteiger partial charge in [0, 0.05) is 12.6 Å². The van der Waals surface area contributed by atoms with E-state index in [4.69, 9.17) is 0 Å². The minimum atomic E-state index is 0.0843. The van der Waals surface area contributed by atoms with Crippen molar-refractivity contribution in [2.45, 2.75) is 63.7 Å². The molecule has 6 nitrogen and oxygen atoms in total. The van der Waals surface area contributed by atoms with Crippen molar-refractivity contribution < 1.29 is 4.79 Å². The fourth-order valence-electron chi connectivity index (χ4n) is 2.41. The first-order valence-corrected chi connectivity index (χ1v) is 8.32. The zero-order valence-corrected chi connectivity index (χ0v) is 13.0. The third kappa shape index (κ3) is 4.77. The first-order valence-electron chi connectivity index (χ1n) is 7.33. The van der Waals surface area contributed by atoms with Crippen LogP contribution in [-0.2, 0) is 11.3 Å². The van der Waals surface area contributed by atoms with Crippen LogP contribution in [0.1, 0.15) is 46.0 Å². The highest BCUT2D eigenvalue weighted by Gasteiger charge is 2.16. The maximum absolute atomic E-state index is 11.9. The first kappa shape index (κ1) is 15.3. The highest BCUT2D eigenvalue weighted by Crippen LogP contribution is 2.18. The third-order valence-corrected chi connectivity index (χ3v) is 4.30. The lowest BCUT2D eigenvalue weighted by molar-refractivity contribution is -0.119. The number of hydrogen-bond acceptors (Lipinski definition) is 5. The zero-order valence-electron chi connectivity index (χ0n) is 12.2. The van der Waals surface area contributed by atoms with Crippen molar-refractivity contribution in [1.82, 2.24) is 25.5 Å². The molecule has 0 atom stereocenters. The lowest BCUT2D eigenvalue weighted by Crippen LogP contribution is -2.37. The quantitative estimate of drug-likeness (QED) is 0.812. The Morgan fingerprint density at radius 2 is 2.15 bits per heavy atom. The van der Waals surface area contributed by atoms with Crippen molar-refractivity contribution in [3.63, 3.8) is 0 Å².